The third-order valence-electron chi connectivity index (χ3n) is 3.67. The maximum absolute atomic E-state index is 11.4. The van der Waals surface area contributed by atoms with Gasteiger partial charge in [0.05, 0.1) is 32.7 Å². The molecule has 0 saturated carbocycles. The van der Waals surface area contributed by atoms with Crippen LogP contribution in [0, 0.1) is 0 Å². The second-order valence-corrected chi connectivity index (χ2v) is 5.91. The van der Waals surface area contributed by atoms with E-state index >= 15 is 0 Å². The molecule has 0 heterocycles. The Labute approximate surface area is 140 Å². The average Bonchev–Trinajstić information content (AvgIpc) is 2.52. The van der Waals surface area contributed by atoms with Crippen LogP contribution in [0.2, 0.25) is 0 Å². The van der Waals surface area contributed by atoms with Crippen molar-refractivity contribution in [3.63, 3.8) is 0 Å². The highest BCUT2D eigenvalue weighted by atomic mass is 16.5. The van der Waals surface area contributed by atoms with E-state index in [1.807, 2.05) is 0 Å². The lowest BCUT2D eigenvalue weighted by Crippen LogP contribution is -2.11. The van der Waals surface area contributed by atoms with Crippen molar-refractivity contribution >= 4 is 11.9 Å². The first-order chi connectivity index (χ1) is 11.2. The van der Waals surface area contributed by atoms with Crippen LogP contribution < -0.4 is 0 Å². The van der Waals surface area contributed by atoms with E-state index in [9.17, 15) is 9.59 Å². The lowest BCUT2D eigenvalue weighted by Gasteiger charge is -2.05. The van der Waals surface area contributed by atoms with Gasteiger partial charge in [0.2, 0.25) is 0 Å². The fourth-order valence-electron chi connectivity index (χ4n) is 2.26. The first-order valence-corrected chi connectivity index (χ1v) is 9.12. The first kappa shape index (κ1) is 21.9. The molecule has 23 heavy (non-hydrogen) atoms. The largest absolute Gasteiger partial charge is 0.481 e. The zero-order valence-electron chi connectivity index (χ0n) is 14.7. The molecule has 0 unspecified atom stereocenters. The van der Waals surface area contributed by atoms with Crippen molar-refractivity contribution in [1.29, 1.82) is 0 Å². The van der Waals surface area contributed by atoms with Gasteiger partial charge < -0.3 is 14.6 Å². The number of hydrogen-bond acceptors (Lipinski definition) is 4. The molecule has 0 bridgehead atoms. The summed E-state index contributed by atoms with van der Waals surface area (Å²) >= 11 is 0. The first-order valence-electron chi connectivity index (χ1n) is 9.12. The molecule has 1 N–H and O–H groups in total. The van der Waals surface area contributed by atoms with Crippen LogP contribution in [-0.4, -0.2) is 36.9 Å². The molecule has 0 aromatic heterocycles. The summed E-state index contributed by atoms with van der Waals surface area (Å²) < 4.78 is 10.1. The van der Waals surface area contributed by atoms with Gasteiger partial charge in [-0.2, -0.15) is 0 Å². The van der Waals surface area contributed by atoms with Gasteiger partial charge in [0, 0.05) is 0 Å². The minimum Gasteiger partial charge on any atom is -0.481 e. The molecule has 136 valence electrons. The molecule has 0 aliphatic heterocycles. The number of carbonyl (C=O) groups excluding carboxylic acids is 1. The van der Waals surface area contributed by atoms with Crippen LogP contribution >= 0.6 is 0 Å². The summed E-state index contributed by atoms with van der Waals surface area (Å²) in [5.74, 6) is -1.16. The third-order valence-corrected chi connectivity index (χ3v) is 3.67. The van der Waals surface area contributed by atoms with E-state index in [0.29, 0.717) is 6.61 Å². The second-order valence-electron chi connectivity index (χ2n) is 5.91. The molecule has 0 rings (SSSR count). The normalized spacial score (nSPS) is 10.7. The molecule has 0 atom stereocenters. The predicted octanol–water partition coefficient (Wildman–Crippen LogP) is 4.33. The van der Waals surface area contributed by atoms with E-state index in [1.165, 1.54) is 51.4 Å². The number of carboxylic acids is 1. The lowest BCUT2D eigenvalue weighted by molar-refractivity contribution is -0.145. The fourth-order valence-corrected chi connectivity index (χ4v) is 2.26. The molecule has 0 aromatic carbocycles. The Morgan fingerprint density at radius 1 is 0.739 bits per heavy atom. The van der Waals surface area contributed by atoms with Gasteiger partial charge >= 0.3 is 11.9 Å². The summed E-state index contributed by atoms with van der Waals surface area (Å²) in [6.45, 7) is 3.08. The van der Waals surface area contributed by atoms with Gasteiger partial charge in [-0.05, 0) is 6.42 Å². The van der Waals surface area contributed by atoms with Crippen LogP contribution in [0.1, 0.15) is 84.0 Å². The van der Waals surface area contributed by atoms with Crippen molar-refractivity contribution in [2.45, 2.75) is 84.0 Å². The van der Waals surface area contributed by atoms with Gasteiger partial charge in [-0.3, -0.25) is 9.59 Å². The third kappa shape index (κ3) is 18.9. The van der Waals surface area contributed by atoms with Crippen molar-refractivity contribution in [1.82, 2.24) is 0 Å². The summed E-state index contributed by atoms with van der Waals surface area (Å²) in [4.78, 5) is 21.6. The second kappa shape index (κ2) is 17.3. The molecule has 0 radical (unpaired) electrons. The van der Waals surface area contributed by atoms with E-state index in [2.05, 4.69) is 6.92 Å². The summed E-state index contributed by atoms with van der Waals surface area (Å²) in [6, 6.07) is 0. The zero-order valence-corrected chi connectivity index (χ0v) is 14.7. The Morgan fingerprint density at radius 2 is 1.26 bits per heavy atom. The number of hydrogen-bond donors (Lipinski definition) is 1. The van der Waals surface area contributed by atoms with Gasteiger partial charge in [0.15, 0.2) is 0 Å². The summed E-state index contributed by atoms with van der Waals surface area (Å²) in [5, 5.41) is 8.42. The molecule has 0 aliphatic rings. The molecular formula is C18H34O5. The highest BCUT2D eigenvalue weighted by molar-refractivity contribution is 5.69. The lowest BCUT2D eigenvalue weighted by atomic mass is 10.1. The Hall–Kier alpha value is -1.10. The van der Waals surface area contributed by atoms with Crippen LogP contribution in [0.5, 0.6) is 0 Å². The molecule has 5 heteroatoms. The van der Waals surface area contributed by atoms with Crippen LogP contribution in [0.15, 0.2) is 0 Å². The summed E-state index contributed by atoms with van der Waals surface area (Å²) in [6.07, 6.45) is 12.7. The Kier molecular flexibility index (Phi) is 16.4. The Bertz CT molecular complexity index is 291. The molecule has 0 fully saturated rings. The Balaban J connectivity index is 3.16. The monoisotopic (exact) mass is 330 g/mol. The summed E-state index contributed by atoms with van der Waals surface area (Å²) in [5.41, 5.74) is 0. The number of carbonyl (C=O) groups is 2. The number of ether oxygens (including phenoxy) is 2. The van der Waals surface area contributed by atoms with Gasteiger partial charge in [-0.25, -0.2) is 0 Å². The highest BCUT2D eigenvalue weighted by Crippen LogP contribution is 2.10. The van der Waals surface area contributed by atoms with E-state index in [1.54, 1.807) is 0 Å². The number of aliphatic carboxylic acids is 1. The molecule has 5 nitrogen and oxygen atoms in total. The minimum atomic E-state index is -0.895. The maximum Gasteiger partial charge on any atom is 0.308 e. The number of carboxylic acid groups (broad SMARTS) is 1. The van der Waals surface area contributed by atoms with Gasteiger partial charge in [-0.1, -0.05) is 64.7 Å². The van der Waals surface area contributed by atoms with E-state index < -0.39 is 5.97 Å². The highest BCUT2D eigenvalue weighted by Gasteiger charge is 2.03. The van der Waals surface area contributed by atoms with Crippen LogP contribution in [0.3, 0.4) is 0 Å². The molecule has 0 aliphatic carbocycles. The molecular weight excluding hydrogens is 296 g/mol. The molecule has 0 spiro atoms. The fraction of sp³-hybridized carbons (Fsp3) is 0.889. The van der Waals surface area contributed by atoms with Gasteiger partial charge in [0.1, 0.15) is 0 Å². The molecule has 0 amide bonds. The van der Waals surface area contributed by atoms with Crippen molar-refractivity contribution in [3.05, 3.63) is 0 Å². The number of unbranched alkanes of at least 4 members (excludes halogenated alkanes) is 9. The maximum atomic E-state index is 11.4. The topological polar surface area (TPSA) is 72.8 Å². The average molecular weight is 330 g/mol. The van der Waals surface area contributed by atoms with Crippen LogP contribution in [0.4, 0.5) is 0 Å². The number of rotatable bonds is 17. The predicted molar refractivity (Wildman–Crippen MR) is 90.5 cm³/mol. The van der Waals surface area contributed by atoms with Crippen molar-refractivity contribution in [3.8, 4) is 0 Å². The quantitative estimate of drug-likeness (QED) is 0.317. The Morgan fingerprint density at radius 3 is 1.83 bits per heavy atom. The zero-order chi connectivity index (χ0) is 17.2. The smallest absolute Gasteiger partial charge is 0.308 e. The van der Waals surface area contributed by atoms with Crippen molar-refractivity contribution in [2.24, 2.45) is 0 Å². The van der Waals surface area contributed by atoms with Crippen molar-refractivity contribution < 1.29 is 24.2 Å². The van der Waals surface area contributed by atoms with Gasteiger partial charge in [-0.15, -0.1) is 0 Å². The summed E-state index contributed by atoms with van der Waals surface area (Å²) in [7, 11) is 0. The van der Waals surface area contributed by atoms with Crippen molar-refractivity contribution in [2.75, 3.05) is 19.8 Å². The standard InChI is InChI=1S/C18H34O5/c1-2-3-4-5-6-7-8-9-10-11-14-23-18(21)13-16-22-15-12-17(19)20/h2-16H2,1H3,(H,19,20). The van der Waals surface area contributed by atoms with Gasteiger partial charge in [0.25, 0.3) is 0 Å². The molecule has 0 aromatic rings. The van der Waals surface area contributed by atoms with E-state index in [0.717, 1.165) is 12.8 Å². The SMILES string of the molecule is CCCCCCCCCCCCOC(=O)CCOCCC(=O)O. The minimum absolute atomic E-state index is 0.0341. The van der Waals surface area contributed by atoms with E-state index in [4.69, 9.17) is 14.6 Å². The number of esters is 1. The molecule has 0 saturated heterocycles. The van der Waals surface area contributed by atoms with Crippen LogP contribution in [0.25, 0.3) is 0 Å². The van der Waals surface area contributed by atoms with E-state index in [-0.39, 0.29) is 32.0 Å². The van der Waals surface area contributed by atoms with Crippen LogP contribution in [-0.2, 0) is 19.1 Å².